The molecule has 1 saturated heterocycles. The maximum absolute atomic E-state index is 11.8. The van der Waals surface area contributed by atoms with Crippen molar-refractivity contribution in [2.45, 2.75) is 58.2 Å². The zero-order chi connectivity index (χ0) is 23.3. The Hall–Kier alpha value is -2.65. The highest BCUT2D eigenvalue weighted by atomic mass is 35.5. The van der Waals surface area contributed by atoms with Crippen LogP contribution in [0, 0.1) is 6.92 Å². The average Bonchev–Trinajstić information content (AvgIpc) is 2.63. The fraction of sp³-hybridized carbons (Fsp3) is 0.476. The van der Waals surface area contributed by atoms with Gasteiger partial charge in [-0.3, -0.25) is 19.2 Å². The van der Waals surface area contributed by atoms with Crippen molar-refractivity contribution in [3.05, 3.63) is 41.3 Å². The van der Waals surface area contributed by atoms with Crippen LogP contribution in [0.4, 0.5) is 0 Å². The van der Waals surface area contributed by atoms with E-state index < -0.39 is 54.4 Å². The molecule has 1 aliphatic heterocycles. The van der Waals surface area contributed by atoms with Crippen molar-refractivity contribution < 1.29 is 42.9 Å². The van der Waals surface area contributed by atoms with Crippen LogP contribution in [0.5, 0.6) is 0 Å². The summed E-state index contributed by atoms with van der Waals surface area (Å²) in [6.07, 6.45) is -5.72. The van der Waals surface area contributed by atoms with E-state index in [0.29, 0.717) is 11.1 Å². The number of esters is 4. The molecule has 0 spiro atoms. The summed E-state index contributed by atoms with van der Waals surface area (Å²) in [5.41, 5.74) is 1.06. The first kappa shape index (κ1) is 24.6. The number of rotatable bonds is 6. The predicted molar refractivity (Wildman–Crippen MR) is 107 cm³/mol. The molecule has 0 unspecified atom stereocenters. The Labute approximate surface area is 184 Å². The first-order valence-electron chi connectivity index (χ1n) is 9.41. The molecule has 2 rings (SSSR count). The molecule has 10 heteroatoms. The Morgan fingerprint density at radius 1 is 0.903 bits per heavy atom. The highest BCUT2D eigenvalue weighted by molar-refractivity contribution is 6.31. The molecule has 0 saturated carbocycles. The van der Waals surface area contributed by atoms with E-state index in [-0.39, 0.29) is 11.6 Å². The van der Waals surface area contributed by atoms with Crippen molar-refractivity contribution in [3.8, 4) is 0 Å². The summed E-state index contributed by atoms with van der Waals surface area (Å²) in [6.45, 7) is 8.19. The van der Waals surface area contributed by atoms with E-state index >= 15 is 0 Å². The minimum Gasteiger partial charge on any atom is -0.463 e. The van der Waals surface area contributed by atoms with E-state index in [4.69, 9.17) is 35.3 Å². The van der Waals surface area contributed by atoms with Crippen molar-refractivity contribution in [1.29, 1.82) is 0 Å². The largest absolute Gasteiger partial charge is 0.463 e. The second-order valence-electron chi connectivity index (χ2n) is 6.98. The van der Waals surface area contributed by atoms with Gasteiger partial charge in [-0.15, -0.1) is 0 Å². The van der Waals surface area contributed by atoms with Gasteiger partial charge in [-0.25, -0.2) is 0 Å². The van der Waals surface area contributed by atoms with Gasteiger partial charge in [0.15, 0.2) is 18.3 Å². The SMILES string of the molecule is [CH2]c1ccc([C@H]2O[C@H](COC(C)=O)[C@H](OC(C)=O)[C@H](OC(C)=O)[C@H]2OC(C)=O)c(Cl)c1. The van der Waals surface area contributed by atoms with Crippen molar-refractivity contribution >= 4 is 35.5 Å². The zero-order valence-electron chi connectivity index (χ0n) is 17.6. The number of ether oxygens (including phenoxy) is 5. The minimum atomic E-state index is -1.25. The Bertz CT molecular complexity index is 853. The van der Waals surface area contributed by atoms with Crippen LogP contribution in [0.25, 0.3) is 0 Å². The second-order valence-corrected chi connectivity index (χ2v) is 7.38. The summed E-state index contributed by atoms with van der Waals surface area (Å²) in [6, 6.07) is 4.90. The monoisotopic (exact) mass is 455 g/mol. The molecule has 1 aromatic carbocycles. The smallest absolute Gasteiger partial charge is 0.303 e. The molecule has 1 aromatic rings. The number of carbonyl (C=O) groups is 4. The van der Waals surface area contributed by atoms with E-state index in [1.807, 2.05) is 0 Å². The van der Waals surface area contributed by atoms with Gasteiger partial charge >= 0.3 is 23.9 Å². The first-order chi connectivity index (χ1) is 14.5. The molecule has 0 bridgehead atoms. The van der Waals surface area contributed by atoms with Gasteiger partial charge < -0.3 is 23.7 Å². The normalized spacial score (nSPS) is 25.3. The Morgan fingerprint density at radius 2 is 1.45 bits per heavy atom. The quantitative estimate of drug-likeness (QED) is 0.470. The first-order valence-corrected chi connectivity index (χ1v) is 9.79. The molecule has 9 nitrogen and oxygen atoms in total. The van der Waals surface area contributed by atoms with Crippen LogP contribution in [0.1, 0.15) is 44.9 Å². The van der Waals surface area contributed by atoms with E-state index in [1.54, 1.807) is 18.2 Å². The summed E-state index contributed by atoms with van der Waals surface area (Å²) in [7, 11) is 0. The molecule has 0 N–H and O–H groups in total. The molecule has 0 amide bonds. The number of hydrogen-bond acceptors (Lipinski definition) is 9. The number of hydrogen-bond donors (Lipinski definition) is 0. The standard InChI is InChI=1S/C21H24ClO9/c1-10-6-7-15(16(22)8-10)18-20(29-13(4)25)21(30-14(5)26)19(28-12(3)24)17(31-18)9-27-11(2)23/h6-8,17-21H,1,9H2,2-5H3/t17-,18-,19+,20+,21+/m1/s1. The molecule has 1 aliphatic rings. The van der Waals surface area contributed by atoms with Gasteiger partial charge in [-0.2, -0.15) is 0 Å². The molecule has 0 aliphatic carbocycles. The van der Waals surface area contributed by atoms with Gasteiger partial charge in [0, 0.05) is 38.3 Å². The van der Waals surface area contributed by atoms with Crippen LogP contribution in [0.3, 0.4) is 0 Å². The van der Waals surface area contributed by atoms with Crippen molar-refractivity contribution in [1.82, 2.24) is 0 Å². The minimum absolute atomic E-state index is 0.272. The van der Waals surface area contributed by atoms with Crippen LogP contribution in [-0.2, 0) is 42.9 Å². The number of halogens is 1. The predicted octanol–water partition coefficient (Wildman–Crippen LogP) is 2.32. The third-order valence-electron chi connectivity index (χ3n) is 4.36. The van der Waals surface area contributed by atoms with Gasteiger partial charge in [-0.1, -0.05) is 23.7 Å². The van der Waals surface area contributed by atoms with Gasteiger partial charge in [0.1, 0.15) is 18.8 Å². The Kier molecular flexibility index (Phi) is 8.41. The molecule has 169 valence electrons. The average molecular weight is 456 g/mol. The van der Waals surface area contributed by atoms with Crippen LogP contribution < -0.4 is 0 Å². The van der Waals surface area contributed by atoms with Gasteiger partial charge in [-0.05, 0) is 18.6 Å². The molecular formula is C21H24ClO9. The van der Waals surface area contributed by atoms with E-state index in [2.05, 4.69) is 6.92 Å². The van der Waals surface area contributed by atoms with Crippen LogP contribution in [0.15, 0.2) is 18.2 Å². The van der Waals surface area contributed by atoms with Crippen molar-refractivity contribution in [2.75, 3.05) is 6.61 Å². The summed E-state index contributed by atoms with van der Waals surface area (Å²) < 4.78 is 27.3. The molecule has 31 heavy (non-hydrogen) atoms. The third-order valence-corrected chi connectivity index (χ3v) is 4.69. The second kappa shape index (κ2) is 10.6. The maximum Gasteiger partial charge on any atom is 0.303 e. The molecular weight excluding hydrogens is 432 g/mol. The molecule has 0 aromatic heterocycles. The van der Waals surface area contributed by atoms with E-state index in [1.165, 1.54) is 13.8 Å². The number of carbonyl (C=O) groups excluding carboxylic acids is 4. The lowest BCUT2D eigenvalue weighted by molar-refractivity contribution is -0.254. The van der Waals surface area contributed by atoms with Crippen LogP contribution >= 0.6 is 11.6 Å². The summed E-state index contributed by atoms with van der Waals surface area (Å²) in [5.74, 6) is -2.67. The van der Waals surface area contributed by atoms with Crippen molar-refractivity contribution in [3.63, 3.8) is 0 Å². The zero-order valence-corrected chi connectivity index (χ0v) is 18.3. The van der Waals surface area contributed by atoms with E-state index in [9.17, 15) is 19.2 Å². The van der Waals surface area contributed by atoms with Crippen LogP contribution in [-0.4, -0.2) is 54.9 Å². The lowest BCUT2D eigenvalue weighted by Crippen LogP contribution is -2.59. The molecule has 1 radical (unpaired) electrons. The summed E-state index contributed by atoms with van der Waals surface area (Å²) in [4.78, 5) is 46.8. The molecule has 1 fully saturated rings. The lowest BCUT2D eigenvalue weighted by Gasteiger charge is -2.44. The highest BCUT2D eigenvalue weighted by Crippen LogP contribution is 2.40. The van der Waals surface area contributed by atoms with Crippen LogP contribution in [0.2, 0.25) is 5.02 Å². The fourth-order valence-electron chi connectivity index (χ4n) is 3.28. The fourth-order valence-corrected chi connectivity index (χ4v) is 3.59. The van der Waals surface area contributed by atoms with Gasteiger partial charge in [0.25, 0.3) is 0 Å². The molecule has 1 heterocycles. The maximum atomic E-state index is 11.8. The van der Waals surface area contributed by atoms with E-state index in [0.717, 1.165) is 13.8 Å². The third kappa shape index (κ3) is 6.67. The Morgan fingerprint density at radius 3 is 1.97 bits per heavy atom. The summed E-state index contributed by atoms with van der Waals surface area (Å²) >= 11 is 6.38. The highest BCUT2D eigenvalue weighted by Gasteiger charge is 2.52. The van der Waals surface area contributed by atoms with Gasteiger partial charge in [0.05, 0.1) is 0 Å². The molecule has 5 atom stereocenters. The topological polar surface area (TPSA) is 114 Å². The van der Waals surface area contributed by atoms with Gasteiger partial charge in [0.2, 0.25) is 0 Å². The lowest BCUT2D eigenvalue weighted by atomic mass is 9.90. The number of benzene rings is 1. The summed E-state index contributed by atoms with van der Waals surface area (Å²) in [5, 5.41) is 0.272. The van der Waals surface area contributed by atoms with Crippen molar-refractivity contribution in [2.24, 2.45) is 0 Å². The Balaban J connectivity index is 2.57.